The van der Waals surface area contributed by atoms with Gasteiger partial charge in [-0.05, 0) is 31.9 Å². The van der Waals surface area contributed by atoms with Gasteiger partial charge in [-0.1, -0.05) is 18.2 Å². The lowest BCUT2D eigenvalue weighted by atomic mass is 9.81. The Labute approximate surface area is 168 Å². The Morgan fingerprint density at radius 2 is 2.03 bits per heavy atom. The average Bonchev–Trinajstić information content (AvgIpc) is 3.37. The number of rotatable bonds is 6. The second-order valence-electron chi connectivity index (χ2n) is 7.68. The van der Waals surface area contributed by atoms with Crippen LogP contribution in [0.25, 0.3) is 0 Å². The lowest BCUT2D eigenvalue weighted by molar-refractivity contribution is -0.130. The number of amides is 2. The number of aromatic nitrogens is 2. The zero-order chi connectivity index (χ0) is 20.6. The average molecular weight is 398 g/mol. The maximum Gasteiger partial charge on any atom is 0.267 e. The Hall–Kier alpha value is -2.87. The van der Waals surface area contributed by atoms with E-state index in [1.807, 2.05) is 31.2 Å². The normalized spacial score (nSPS) is 20.7. The van der Waals surface area contributed by atoms with Crippen molar-refractivity contribution in [3.8, 4) is 0 Å². The number of carbonyl (C=O) groups excluding carboxylic acids is 2. The summed E-state index contributed by atoms with van der Waals surface area (Å²) in [5, 5.41) is 5.26. The van der Waals surface area contributed by atoms with Gasteiger partial charge in [-0.3, -0.25) is 19.5 Å². The SMILES string of the molecule is CCOCCN1C(=O)C2(CCN(C(=O)Cc3c(C)[nH][nH]c3=O)C2)c2ccccc21. The Balaban J connectivity index is 1.56. The fourth-order valence-electron chi connectivity index (χ4n) is 4.48. The molecule has 1 spiro atoms. The third-order valence-electron chi connectivity index (χ3n) is 6.07. The minimum atomic E-state index is -0.710. The van der Waals surface area contributed by atoms with Crippen LogP contribution >= 0.6 is 0 Å². The van der Waals surface area contributed by atoms with Gasteiger partial charge in [-0.25, -0.2) is 0 Å². The molecule has 8 nitrogen and oxygen atoms in total. The van der Waals surface area contributed by atoms with E-state index in [1.165, 1.54) is 0 Å². The molecule has 2 N–H and O–H groups in total. The number of hydrogen-bond acceptors (Lipinski definition) is 4. The van der Waals surface area contributed by atoms with Gasteiger partial charge >= 0.3 is 0 Å². The monoisotopic (exact) mass is 398 g/mol. The molecule has 2 aromatic rings. The highest BCUT2D eigenvalue weighted by Gasteiger charge is 2.54. The van der Waals surface area contributed by atoms with Crippen LogP contribution < -0.4 is 10.5 Å². The van der Waals surface area contributed by atoms with Crippen LogP contribution in [0, 0.1) is 6.92 Å². The summed E-state index contributed by atoms with van der Waals surface area (Å²) in [6, 6.07) is 7.81. The zero-order valence-electron chi connectivity index (χ0n) is 16.8. The van der Waals surface area contributed by atoms with E-state index in [-0.39, 0.29) is 23.8 Å². The second kappa shape index (κ2) is 7.51. The van der Waals surface area contributed by atoms with Crippen molar-refractivity contribution < 1.29 is 14.3 Å². The smallest absolute Gasteiger partial charge is 0.267 e. The van der Waals surface area contributed by atoms with Crippen molar-refractivity contribution in [3.63, 3.8) is 0 Å². The summed E-state index contributed by atoms with van der Waals surface area (Å²) in [5.74, 6) is -0.0995. The molecular weight excluding hydrogens is 372 g/mol. The van der Waals surface area contributed by atoms with E-state index >= 15 is 0 Å². The summed E-state index contributed by atoms with van der Waals surface area (Å²) in [5.41, 5.74) is 2.03. The van der Waals surface area contributed by atoms with Gasteiger partial charge in [0.05, 0.1) is 18.4 Å². The van der Waals surface area contributed by atoms with Crippen LogP contribution in [-0.2, 0) is 26.2 Å². The molecule has 2 amide bonds. The lowest BCUT2D eigenvalue weighted by Crippen LogP contribution is -2.44. The van der Waals surface area contributed by atoms with Crippen molar-refractivity contribution in [2.24, 2.45) is 0 Å². The molecule has 4 rings (SSSR count). The number of para-hydroxylation sites is 1. The number of carbonyl (C=O) groups is 2. The topological polar surface area (TPSA) is 98.5 Å². The minimum Gasteiger partial charge on any atom is -0.380 e. The van der Waals surface area contributed by atoms with Gasteiger partial charge in [-0.2, -0.15) is 0 Å². The molecule has 0 saturated carbocycles. The maximum absolute atomic E-state index is 13.4. The number of H-pyrrole nitrogens is 2. The molecule has 1 aromatic carbocycles. The first-order chi connectivity index (χ1) is 14.0. The number of hydrogen-bond donors (Lipinski definition) is 2. The summed E-state index contributed by atoms with van der Waals surface area (Å²) in [6.07, 6.45) is 0.618. The van der Waals surface area contributed by atoms with Gasteiger partial charge in [0.15, 0.2) is 0 Å². The van der Waals surface area contributed by atoms with E-state index in [0.717, 1.165) is 11.3 Å². The molecule has 1 fully saturated rings. The molecule has 0 aliphatic carbocycles. The van der Waals surface area contributed by atoms with E-state index in [2.05, 4.69) is 10.2 Å². The third-order valence-corrected chi connectivity index (χ3v) is 6.07. The van der Waals surface area contributed by atoms with E-state index in [1.54, 1.807) is 16.7 Å². The Kier molecular flexibility index (Phi) is 5.04. The molecule has 154 valence electrons. The molecule has 0 radical (unpaired) electrons. The van der Waals surface area contributed by atoms with Gasteiger partial charge in [0.25, 0.3) is 5.56 Å². The van der Waals surface area contributed by atoms with Crippen molar-refractivity contribution in [2.75, 3.05) is 37.7 Å². The zero-order valence-corrected chi connectivity index (χ0v) is 16.8. The van der Waals surface area contributed by atoms with Gasteiger partial charge in [0.2, 0.25) is 11.8 Å². The summed E-state index contributed by atoms with van der Waals surface area (Å²) in [4.78, 5) is 41.7. The predicted molar refractivity (Wildman–Crippen MR) is 108 cm³/mol. The standard InChI is InChI=1S/C21H26N4O4/c1-3-29-11-10-25-17-7-5-4-6-16(17)21(20(25)28)8-9-24(13-21)18(26)12-15-14(2)22-23-19(15)27/h4-7H,3,8-13H2,1-2H3,(H2,22,23,27). The molecule has 8 heteroatoms. The van der Waals surface area contributed by atoms with Gasteiger partial charge in [0, 0.05) is 43.2 Å². The predicted octanol–water partition coefficient (Wildman–Crippen LogP) is 1.11. The van der Waals surface area contributed by atoms with Gasteiger partial charge in [0.1, 0.15) is 0 Å². The maximum atomic E-state index is 13.4. The molecule has 2 aliphatic heterocycles. The summed E-state index contributed by atoms with van der Waals surface area (Å²) in [7, 11) is 0. The highest BCUT2D eigenvalue weighted by molar-refractivity contribution is 6.09. The highest BCUT2D eigenvalue weighted by atomic mass is 16.5. The molecule has 0 bridgehead atoms. The largest absolute Gasteiger partial charge is 0.380 e. The minimum absolute atomic E-state index is 0.0318. The quantitative estimate of drug-likeness (QED) is 0.712. The number of nitrogens with one attached hydrogen (secondary N) is 2. The van der Waals surface area contributed by atoms with Crippen LogP contribution in [0.5, 0.6) is 0 Å². The first-order valence-electron chi connectivity index (χ1n) is 10.0. The van der Waals surface area contributed by atoms with E-state index in [0.29, 0.717) is 50.5 Å². The number of benzene rings is 1. The van der Waals surface area contributed by atoms with E-state index in [4.69, 9.17) is 4.74 Å². The van der Waals surface area contributed by atoms with E-state index in [9.17, 15) is 14.4 Å². The van der Waals surface area contributed by atoms with Crippen LogP contribution in [0.4, 0.5) is 5.69 Å². The summed E-state index contributed by atoms with van der Waals surface area (Å²) < 4.78 is 5.46. The Morgan fingerprint density at radius 1 is 1.24 bits per heavy atom. The number of aryl methyl sites for hydroxylation is 1. The molecule has 1 aromatic heterocycles. The molecule has 29 heavy (non-hydrogen) atoms. The van der Waals surface area contributed by atoms with Crippen LogP contribution in [0.15, 0.2) is 29.1 Å². The fraction of sp³-hybridized carbons (Fsp3) is 0.476. The third kappa shape index (κ3) is 3.17. The molecular formula is C21H26N4O4. The number of ether oxygens (including phenoxy) is 1. The Morgan fingerprint density at radius 3 is 2.76 bits per heavy atom. The van der Waals surface area contributed by atoms with Gasteiger partial charge < -0.3 is 19.6 Å². The van der Waals surface area contributed by atoms with Crippen molar-refractivity contribution in [1.82, 2.24) is 15.1 Å². The van der Waals surface area contributed by atoms with Crippen molar-refractivity contribution >= 4 is 17.5 Å². The number of anilines is 1. The molecule has 1 unspecified atom stereocenters. The van der Waals surface area contributed by atoms with Crippen LogP contribution in [0.2, 0.25) is 0 Å². The first kappa shape index (κ1) is 19.4. The lowest BCUT2D eigenvalue weighted by Gasteiger charge is -2.24. The van der Waals surface area contributed by atoms with Crippen molar-refractivity contribution in [1.29, 1.82) is 0 Å². The van der Waals surface area contributed by atoms with Crippen LogP contribution in [0.3, 0.4) is 0 Å². The first-order valence-corrected chi connectivity index (χ1v) is 10.0. The summed E-state index contributed by atoms with van der Waals surface area (Å²) >= 11 is 0. The fourth-order valence-corrected chi connectivity index (χ4v) is 4.48. The molecule has 3 heterocycles. The van der Waals surface area contributed by atoms with Gasteiger partial charge in [-0.15, -0.1) is 0 Å². The van der Waals surface area contributed by atoms with E-state index < -0.39 is 5.41 Å². The van der Waals surface area contributed by atoms with Crippen LogP contribution in [0.1, 0.15) is 30.2 Å². The second-order valence-corrected chi connectivity index (χ2v) is 7.68. The molecule has 1 saturated heterocycles. The molecule has 1 atom stereocenters. The van der Waals surface area contributed by atoms with Crippen molar-refractivity contribution in [2.45, 2.75) is 32.1 Å². The van der Waals surface area contributed by atoms with Crippen molar-refractivity contribution in [3.05, 3.63) is 51.4 Å². The number of aromatic amines is 2. The van der Waals surface area contributed by atoms with Crippen LogP contribution in [-0.4, -0.2) is 59.8 Å². The number of nitrogens with zero attached hydrogens (tertiary/aromatic N) is 2. The Bertz CT molecular complexity index is 995. The number of likely N-dealkylation sites (tertiary alicyclic amines) is 1. The summed E-state index contributed by atoms with van der Waals surface area (Å²) in [6.45, 7) is 6.11. The highest BCUT2D eigenvalue weighted by Crippen LogP contribution is 2.47. The molecule has 2 aliphatic rings. The number of fused-ring (bicyclic) bond motifs is 2.